The van der Waals surface area contributed by atoms with Gasteiger partial charge in [0.05, 0.1) is 24.2 Å². The number of piperidine rings is 1. The number of carbonyl (C=O) groups is 3. The van der Waals surface area contributed by atoms with E-state index in [2.05, 4.69) is 15.6 Å². The summed E-state index contributed by atoms with van der Waals surface area (Å²) in [7, 11) is 0. The number of aromatic nitrogens is 1. The van der Waals surface area contributed by atoms with Gasteiger partial charge in [0.2, 0.25) is 17.7 Å². The summed E-state index contributed by atoms with van der Waals surface area (Å²) >= 11 is 0. The van der Waals surface area contributed by atoms with Gasteiger partial charge in [-0.1, -0.05) is 0 Å². The van der Waals surface area contributed by atoms with Crippen LogP contribution in [0.3, 0.4) is 0 Å². The number of alkyl carbamates (subject to hydrolysis) is 1. The van der Waals surface area contributed by atoms with Crippen LogP contribution in [0.5, 0.6) is 5.88 Å². The highest BCUT2D eigenvalue weighted by molar-refractivity contribution is 6.09. The van der Waals surface area contributed by atoms with Gasteiger partial charge in [0, 0.05) is 28.8 Å². The normalized spacial score (nSPS) is 16.8. The summed E-state index contributed by atoms with van der Waals surface area (Å²) in [5.41, 5.74) is 1.52. The SMILES string of the molecule is CC(C)(C)OC(=O)NCCOc1ccc2c(ccc3occ(C4CCC(=O)NC4=O)c32)n1. The number of fused-ring (bicyclic) bond motifs is 3. The molecule has 3 amide bonds. The van der Waals surface area contributed by atoms with Crippen molar-refractivity contribution in [3.05, 3.63) is 36.1 Å². The van der Waals surface area contributed by atoms with Gasteiger partial charge in [0.25, 0.3) is 0 Å². The van der Waals surface area contributed by atoms with Crippen LogP contribution < -0.4 is 15.4 Å². The maximum absolute atomic E-state index is 12.4. The molecule has 4 rings (SSSR count). The summed E-state index contributed by atoms with van der Waals surface area (Å²) < 4.78 is 16.5. The Balaban J connectivity index is 1.49. The van der Waals surface area contributed by atoms with Crippen LogP contribution in [0.4, 0.5) is 4.79 Å². The Hall–Kier alpha value is -3.62. The van der Waals surface area contributed by atoms with Gasteiger partial charge in [-0.15, -0.1) is 0 Å². The summed E-state index contributed by atoms with van der Waals surface area (Å²) in [5.74, 6) is -0.608. The zero-order valence-electron chi connectivity index (χ0n) is 18.2. The molecule has 1 aliphatic heterocycles. The third kappa shape index (κ3) is 4.66. The van der Waals surface area contributed by atoms with Crippen LogP contribution in [0, 0.1) is 0 Å². The molecule has 32 heavy (non-hydrogen) atoms. The monoisotopic (exact) mass is 439 g/mol. The number of carbonyl (C=O) groups excluding carboxylic acids is 3. The summed E-state index contributed by atoms with van der Waals surface area (Å²) in [6.45, 7) is 5.89. The van der Waals surface area contributed by atoms with Gasteiger partial charge < -0.3 is 19.2 Å². The van der Waals surface area contributed by atoms with E-state index < -0.39 is 17.6 Å². The Kier molecular flexibility index (Phi) is 5.73. The van der Waals surface area contributed by atoms with Gasteiger partial charge in [-0.2, -0.15) is 0 Å². The number of ether oxygens (including phenoxy) is 2. The van der Waals surface area contributed by atoms with E-state index in [4.69, 9.17) is 13.9 Å². The minimum absolute atomic E-state index is 0.229. The maximum atomic E-state index is 12.4. The number of benzene rings is 1. The van der Waals surface area contributed by atoms with Crippen LogP contribution >= 0.6 is 0 Å². The molecule has 168 valence electrons. The van der Waals surface area contributed by atoms with Gasteiger partial charge >= 0.3 is 6.09 Å². The molecule has 1 unspecified atom stereocenters. The molecule has 3 aromatic rings. The Bertz CT molecular complexity index is 1190. The van der Waals surface area contributed by atoms with E-state index >= 15 is 0 Å². The molecular formula is C23H25N3O6. The van der Waals surface area contributed by atoms with E-state index in [1.807, 2.05) is 12.1 Å². The molecule has 1 aromatic carbocycles. The molecule has 0 radical (unpaired) electrons. The highest BCUT2D eigenvalue weighted by Crippen LogP contribution is 2.36. The fraction of sp³-hybridized carbons (Fsp3) is 0.391. The minimum Gasteiger partial charge on any atom is -0.476 e. The average Bonchev–Trinajstić information content (AvgIpc) is 3.14. The number of furan rings is 1. The number of pyridine rings is 1. The molecule has 1 saturated heterocycles. The zero-order chi connectivity index (χ0) is 22.9. The molecule has 2 aromatic heterocycles. The second-order valence-corrected chi connectivity index (χ2v) is 8.63. The first-order valence-corrected chi connectivity index (χ1v) is 10.5. The van der Waals surface area contributed by atoms with Crippen LogP contribution in [-0.2, 0) is 14.3 Å². The third-order valence-electron chi connectivity index (χ3n) is 5.04. The van der Waals surface area contributed by atoms with Gasteiger partial charge in [0.1, 0.15) is 17.8 Å². The summed E-state index contributed by atoms with van der Waals surface area (Å²) in [5, 5.41) is 6.66. The lowest BCUT2D eigenvalue weighted by Crippen LogP contribution is -2.39. The molecule has 9 nitrogen and oxygen atoms in total. The highest BCUT2D eigenvalue weighted by atomic mass is 16.6. The van der Waals surface area contributed by atoms with Crippen LogP contribution in [0.15, 0.2) is 34.9 Å². The molecule has 0 bridgehead atoms. The summed E-state index contributed by atoms with van der Waals surface area (Å²) in [6, 6.07) is 7.22. The van der Waals surface area contributed by atoms with Crippen molar-refractivity contribution in [2.45, 2.75) is 45.1 Å². The van der Waals surface area contributed by atoms with Crippen molar-refractivity contribution < 1.29 is 28.3 Å². The highest BCUT2D eigenvalue weighted by Gasteiger charge is 2.31. The standard InChI is InChI=1S/C23H25N3O6/c1-23(2,3)32-22(29)24-10-11-30-19-9-5-14-16(25-19)6-7-17-20(14)15(12-31-17)13-4-8-18(27)26-21(13)28/h5-7,9,12-13H,4,8,10-11H2,1-3H3,(H,24,29)(H,26,27,28). The first-order chi connectivity index (χ1) is 15.2. The Morgan fingerprint density at radius 2 is 2.06 bits per heavy atom. The molecule has 1 atom stereocenters. The van der Waals surface area contributed by atoms with Crippen LogP contribution in [-0.4, -0.2) is 41.6 Å². The lowest BCUT2D eigenvalue weighted by atomic mass is 9.89. The number of amides is 3. The molecule has 2 N–H and O–H groups in total. The molecular weight excluding hydrogens is 414 g/mol. The van der Waals surface area contributed by atoms with E-state index in [9.17, 15) is 14.4 Å². The molecule has 3 heterocycles. The van der Waals surface area contributed by atoms with Gasteiger partial charge in [0.15, 0.2) is 0 Å². The zero-order valence-corrected chi connectivity index (χ0v) is 18.2. The summed E-state index contributed by atoms with van der Waals surface area (Å²) in [6.07, 6.45) is 1.81. The molecule has 1 aliphatic rings. The second kappa shape index (κ2) is 8.49. The number of hydrogen-bond acceptors (Lipinski definition) is 7. The Labute approximate surface area is 184 Å². The van der Waals surface area contributed by atoms with Crippen molar-refractivity contribution in [1.82, 2.24) is 15.6 Å². The van der Waals surface area contributed by atoms with Crippen molar-refractivity contribution in [1.29, 1.82) is 0 Å². The first-order valence-electron chi connectivity index (χ1n) is 10.5. The summed E-state index contributed by atoms with van der Waals surface area (Å²) in [4.78, 5) is 40.1. The van der Waals surface area contributed by atoms with Crippen molar-refractivity contribution >= 4 is 39.8 Å². The molecule has 0 aliphatic carbocycles. The van der Waals surface area contributed by atoms with Crippen LogP contribution in [0.2, 0.25) is 0 Å². The first kappa shape index (κ1) is 21.6. The van der Waals surface area contributed by atoms with E-state index in [-0.39, 0.29) is 25.0 Å². The lowest BCUT2D eigenvalue weighted by molar-refractivity contribution is -0.134. The predicted molar refractivity (Wildman–Crippen MR) is 116 cm³/mol. The largest absolute Gasteiger partial charge is 0.476 e. The fourth-order valence-electron chi connectivity index (χ4n) is 3.70. The predicted octanol–water partition coefficient (Wildman–Crippen LogP) is 3.40. The second-order valence-electron chi connectivity index (χ2n) is 8.63. The number of nitrogens with zero attached hydrogens (tertiary/aromatic N) is 1. The molecule has 1 fully saturated rings. The fourth-order valence-corrected chi connectivity index (χ4v) is 3.70. The van der Waals surface area contributed by atoms with E-state index in [0.717, 1.165) is 16.3 Å². The quantitative estimate of drug-likeness (QED) is 0.462. The number of hydrogen-bond donors (Lipinski definition) is 2. The third-order valence-corrected chi connectivity index (χ3v) is 5.04. The number of nitrogens with one attached hydrogen (secondary N) is 2. The van der Waals surface area contributed by atoms with Crippen molar-refractivity contribution in [3.8, 4) is 5.88 Å². The van der Waals surface area contributed by atoms with Gasteiger partial charge in [-0.3, -0.25) is 14.9 Å². The van der Waals surface area contributed by atoms with Gasteiger partial charge in [-0.25, -0.2) is 9.78 Å². The van der Waals surface area contributed by atoms with E-state index in [1.54, 1.807) is 39.2 Å². The number of imide groups is 1. The van der Waals surface area contributed by atoms with Crippen LogP contribution in [0.1, 0.15) is 45.1 Å². The molecule has 9 heteroatoms. The number of rotatable bonds is 5. The maximum Gasteiger partial charge on any atom is 0.407 e. The minimum atomic E-state index is -0.560. The molecule has 0 saturated carbocycles. The van der Waals surface area contributed by atoms with E-state index in [1.165, 1.54) is 0 Å². The topological polar surface area (TPSA) is 120 Å². The van der Waals surface area contributed by atoms with Crippen molar-refractivity contribution in [2.75, 3.05) is 13.2 Å². The Morgan fingerprint density at radius 1 is 1.25 bits per heavy atom. The lowest BCUT2D eigenvalue weighted by Gasteiger charge is -2.20. The molecule has 0 spiro atoms. The smallest absolute Gasteiger partial charge is 0.407 e. The Morgan fingerprint density at radius 3 is 2.81 bits per heavy atom. The van der Waals surface area contributed by atoms with Crippen molar-refractivity contribution in [3.63, 3.8) is 0 Å². The van der Waals surface area contributed by atoms with Crippen LogP contribution in [0.25, 0.3) is 21.9 Å². The van der Waals surface area contributed by atoms with E-state index in [0.29, 0.717) is 29.8 Å². The average molecular weight is 439 g/mol. The van der Waals surface area contributed by atoms with Crippen molar-refractivity contribution in [2.24, 2.45) is 0 Å². The van der Waals surface area contributed by atoms with Gasteiger partial charge in [-0.05, 0) is 45.4 Å².